The second-order valence-corrected chi connectivity index (χ2v) is 10.0. The molecule has 0 aliphatic heterocycles. The number of methoxy groups -OCH3 is 1. The van der Waals surface area contributed by atoms with E-state index in [1.165, 1.54) is 0 Å². The van der Waals surface area contributed by atoms with Gasteiger partial charge in [0.2, 0.25) is 11.7 Å². The van der Waals surface area contributed by atoms with Gasteiger partial charge in [-0.3, -0.25) is 10.1 Å². The molecule has 0 amide bonds. The van der Waals surface area contributed by atoms with Gasteiger partial charge in [0.15, 0.2) is 8.07 Å². The average molecular weight is 313 g/mol. The maximum absolute atomic E-state index is 12.9. The van der Waals surface area contributed by atoms with Gasteiger partial charge in [-0.05, 0) is 12.1 Å². The van der Waals surface area contributed by atoms with Crippen LogP contribution in [0.5, 0.6) is 0 Å². The van der Waals surface area contributed by atoms with Crippen molar-refractivity contribution in [2.45, 2.75) is 19.6 Å². The van der Waals surface area contributed by atoms with Crippen molar-refractivity contribution in [3.05, 3.63) is 45.2 Å². The van der Waals surface area contributed by atoms with Gasteiger partial charge in [-0.2, -0.15) is 9.18 Å². The molecule has 0 bridgehead atoms. The van der Waals surface area contributed by atoms with E-state index in [1.807, 2.05) is 0 Å². The molecular formula is C12H16FN3O4Si. The van der Waals surface area contributed by atoms with Crippen molar-refractivity contribution in [2.75, 3.05) is 7.11 Å². The summed E-state index contributed by atoms with van der Waals surface area (Å²) in [6.45, 7) is 6.31. The zero-order valence-corrected chi connectivity index (χ0v) is 13.2. The van der Waals surface area contributed by atoms with E-state index >= 15 is 0 Å². The van der Waals surface area contributed by atoms with Crippen LogP contribution in [0.2, 0.25) is 19.6 Å². The highest BCUT2D eigenvalue weighted by molar-refractivity contribution is 6.98. The fourth-order valence-electron chi connectivity index (χ4n) is 1.07. The highest BCUT2D eigenvalue weighted by Crippen LogP contribution is 2.18. The van der Waals surface area contributed by atoms with Crippen LogP contribution in [0.4, 0.5) is 10.1 Å². The predicted octanol–water partition coefficient (Wildman–Crippen LogP) is 2.68. The Morgan fingerprint density at radius 3 is 2.33 bits per heavy atom. The lowest BCUT2D eigenvalue weighted by molar-refractivity contribution is -0.387. The molecule has 0 saturated carbocycles. The van der Waals surface area contributed by atoms with Crippen LogP contribution in [0.1, 0.15) is 10.4 Å². The summed E-state index contributed by atoms with van der Waals surface area (Å²) in [4.78, 5) is 23.2. The lowest BCUT2D eigenvalue weighted by Crippen LogP contribution is -2.22. The standard InChI is InChI=1S/C8H6FNO4.C4H10N2Si/c1-14-8(11)5-2-3-7(10(12)13)6(9)4-5;1-7(2,3)4-6-5/h2-4H,1H3;4H,1-3H3. The van der Waals surface area contributed by atoms with E-state index in [2.05, 4.69) is 29.2 Å². The average Bonchev–Trinajstić information content (AvgIpc) is 2.36. The van der Waals surface area contributed by atoms with Crippen molar-refractivity contribution in [1.82, 2.24) is 0 Å². The first-order valence-electron chi connectivity index (χ1n) is 5.83. The molecule has 0 radical (unpaired) electrons. The van der Waals surface area contributed by atoms with Crippen LogP contribution in [0.3, 0.4) is 0 Å². The molecule has 0 heterocycles. The molecule has 9 heteroatoms. The van der Waals surface area contributed by atoms with Crippen molar-refractivity contribution < 1.29 is 23.6 Å². The van der Waals surface area contributed by atoms with Gasteiger partial charge in [0.25, 0.3) is 0 Å². The van der Waals surface area contributed by atoms with Gasteiger partial charge >= 0.3 is 11.7 Å². The zero-order chi connectivity index (χ0) is 16.6. The number of esters is 1. The molecule has 0 saturated heterocycles. The summed E-state index contributed by atoms with van der Waals surface area (Å²) >= 11 is 0. The van der Waals surface area contributed by atoms with Gasteiger partial charge in [0.05, 0.1) is 17.6 Å². The second-order valence-electron chi connectivity index (χ2n) is 5.03. The molecule has 0 spiro atoms. The summed E-state index contributed by atoms with van der Waals surface area (Å²) in [6.07, 6.45) is 0. The van der Waals surface area contributed by atoms with E-state index < -0.39 is 30.5 Å². The Hall–Kier alpha value is -2.38. The number of nitro groups is 1. The molecule has 21 heavy (non-hydrogen) atoms. The van der Waals surface area contributed by atoms with E-state index in [0.29, 0.717) is 0 Å². The summed E-state index contributed by atoms with van der Waals surface area (Å²) in [5.41, 5.74) is 7.28. The molecule has 0 atom stereocenters. The highest BCUT2D eigenvalue weighted by atomic mass is 28.3. The Morgan fingerprint density at radius 1 is 1.48 bits per heavy atom. The zero-order valence-electron chi connectivity index (χ0n) is 12.2. The molecule has 0 aliphatic carbocycles. The molecule has 0 N–H and O–H groups in total. The van der Waals surface area contributed by atoms with Gasteiger partial charge in [0.1, 0.15) is 0 Å². The third-order valence-electron chi connectivity index (χ3n) is 2.01. The Labute approximate surface area is 122 Å². The molecule has 0 aromatic heterocycles. The van der Waals surface area contributed by atoms with Gasteiger partial charge in [-0.25, -0.2) is 4.79 Å². The Morgan fingerprint density at radius 2 is 2.05 bits per heavy atom. The van der Waals surface area contributed by atoms with Crippen molar-refractivity contribution in [2.24, 2.45) is 0 Å². The molecular weight excluding hydrogens is 297 g/mol. The number of halogens is 1. The first-order chi connectivity index (χ1) is 9.62. The van der Waals surface area contributed by atoms with E-state index in [9.17, 15) is 19.3 Å². The third kappa shape index (κ3) is 7.09. The number of ether oxygens (including phenoxy) is 1. The minimum absolute atomic E-state index is 0.0596. The molecule has 1 aromatic carbocycles. The summed E-state index contributed by atoms with van der Waals surface area (Å²) in [6, 6.07) is 2.82. The third-order valence-corrected chi connectivity index (χ3v) is 2.90. The maximum atomic E-state index is 12.9. The van der Waals surface area contributed by atoms with Crippen LogP contribution in [-0.2, 0) is 4.74 Å². The van der Waals surface area contributed by atoms with Crippen LogP contribution in [-0.4, -0.2) is 36.7 Å². The van der Waals surface area contributed by atoms with Gasteiger partial charge in [0, 0.05) is 6.07 Å². The number of carbonyl (C=O) groups excluding carboxylic acids is 1. The Bertz CT molecular complexity index is 580. The Balaban J connectivity index is 0.000000486. The van der Waals surface area contributed by atoms with Crippen molar-refractivity contribution in [1.29, 1.82) is 0 Å². The number of rotatable bonds is 3. The molecule has 114 valence electrons. The minimum atomic E-state index is -1.20. The SMILES string of the molecule is COC(=O)c1ccc([N+](=O)[O-])c(F)c1.C[Si](C)(C)C=[N+]=[N-]. The van der Waals surface area contributed by atoms with Crippen LogP contribution in [0.15, 0.2) is 18.2 Å². The molecule has 1 aromatic rings. The van der Waals surface area contributed by atoms with Crippen LogP contribution in [0, 0.1) is 15.9 Å². The predicted molar refractivity (Wildman–Crippen MR) is 77.4 cm³/mol. The van der Waals surface area contributed by atoms with E-state index in [0.717, 1.165) is 25.3 Å². The summed E-state index contributed by atoms with van der Waals surface area (Å²) in [7, 11) is -0.0584. The highest BCUT2D eigenvalue weighted by Gasteiger charge is 2.16. The molecule has 0 fully saturated rings. The topological polar surface area (TPSA) is 106 Å². The number of hydrogen-bond acceptors (Lipinski definition) is 4. The number of hydrogen-bond donors (Lipinski definition) is 0. The minimum Gasteiger partial charge on any atom is -0.465 e. The van der Waals surface area contributed by atoms with Crippen molar-refractivity contribution in [3.63, 3.8) is 0 Å². The fourth-order valence-corrected chi connectivity index (χ4v) is 1.42. The first-order valence-corrected chi connectivity index (χ1v) is 9.41. The number of benzene rings is 1. The second kappa shape index (κ2) is 8.03. The number of nitro benzene ring substituents is 1. The quantitative estimate of drug-likeness (QED) is 0.163. The molecule has 0 aliphatic rings. The Kier molecular flexibility index (Phi) is 7.12. The van der Waals surface area contributed by atoms with E-state index in [-0.39, 0.29) is 5.56 Å². The lowest BCUT2D eigenvalue weighted by atomic mass is 10.2. The fraction of sp³-hybridized carbons (Fsp3) is 0.333. The largest absolute Gasteiger partial charge is 0.465 e. The lowest BCUT2D eigenvalue weighted by Gasteiger charge is -1.98. The summed E-state index contributed by atoms with van der Waals surface area (Å²) in [5, 5.41) is 10.2. The molecule has 0 unspecified atom stereocenters. The summed E-state index contributed by atoms with van der Waals surface area (Å²) < 4.78 is 17.3. The summed E-state index contributed by atoms with van der Waals surface area (Å²) in [5.74, 6) is -0.163. The van der Waals surface area contributed by atoms with Crippen molar-refractivity contribution >= 4 is 25.6 Å². The normalized spacial score (nSPS) is 9.76. The van der Waals surface area contributed by atoms with Gasteiger partial charge < -0.3 is 10.3 Å². The van der Waals surface area contributed by atoms with Crippen LogP contribution < -0.4 is 0 Å². The number of nitrogens with zero attached hydrogens (tertiary/aromatic N) is 3. The van der Waals surface area contributed by atoms with Gasteiger partial charge in [-0.1, -0.05) is 19.6 Å². The van der Waals surface area contributed by atoms with Crippen LogP contribution >= 0.6 is 0 Å². The monoisotopic (exact) mass is 313 g/mol. The van der Waals surface area contributed by atoms with Gasteiger partial charge in [-0.15, -0.1) is 0 Å². The number of carbonyl (C=O) groups is 1. The maximum Gasteiger partial charge on any atom is 0.337 e. The van der Waals surface area contributed by atoms with Crippen LogP contribution in [0.25, 0.3) is 5.53 Å². The smallest absolute Gasteiger partial charge is 0.337 e. The van der Waals surface area contributed by atoms with E-state index in [1.54, 1.807) is 5.84 Å². The molecule has 7 nitrogen and oxygen atoms in total. The van der Waals surface area contributed by atoms with E-state index in [4.69, 9.17) is 5.53 Å². The molecule has 1 rings (SSSR count). The first kappa shape index (κ1) is 18.6. The van der Waals surface area contributed by atoms with Crippen molar-refractivity contribution in [3.8, 4) is 0 Å².